The lowest BCUT2D eigenvalue weighted by Gasteiger charge is -2.35. The third-order valence-corrected chi connectivity index (χ3v) is 12.5. The molecule has 1 aliphatic carbocycles. The predicted octanol–water partition coefficient (Wildman–Crippen LogP) is 5.07. The minimum atomic E-state index is -5.76. The Bertz CT molecular complexity index is 1850. The zero-order valence-corrected chi connectivity index (χ0v) is 26.9. The van der Waals surface area contributed by atoms with Gasteiger partial charge in [-0.3, -0.25) is 18.9 Å². The number of fused-ring (bicyclic) bond motifs is 2. The molecule has 0 unspecified atom stereocenters. The number of nitrogens with zero attached hydrogens (tertiary/aromatic N) is 3. The summed E-state index contributed by atoms with van der Waals surface area (Å²) in [5.74, 6) is -1.50. The first kappa shape index (κ1) is 31.9. The molecule has 4 aliphatic rings. The summed E-state index contributed by atoms with van der Waals surface area (Å²) in [5.41, 5.74) is -4.75. The Morgan fingerprint density at radius 3 is 2.49 bits per heavy atom. The molecule has 14 heteroatoms. The van der Waals surface area contributed by atoms with Crippen molar-refractivity contribution < 1.29 is 37.5 Å². The van der Waals surface area contributed by atoms with Crippen molar-refractivity contribution in [3.05, 3.63) is 70.6 Å². The average molecular weight is 683 g/mol. The van der Waals surface area contributed by atoms with Crippen molar-refractivity contribution in [2.24, 2.45) is 5.92 Å². The molecule has 3 amide bonds. The molecular weight excluding hydrogens is 649 g/mol. The van der Waals surface area contributed by atoms with Gasteiger partial charge < -0.3 is 24.9 Å². The van der Waals surface area contributed by atoms with Crippen LogP contribution < -0.4 is 5.32 Å². The number of rotatable bonds is 6. The first-order valence-corrected chi connectivity index (χ1v) is 18.2. The molecule has 10 nitrogen and oxygen atoms in total. The lowest BCUT2D eigenvalue weighted by atomic mass is 9.85. The van der Waals surface area contributed by atoms with Crippen LogP contribution in [-0.2, 0) is 19.8 Å². The van der Waals surface area contributed by atoms with E-state index < -0.39 is 42.4 Å². The Morgan fingerprint density at radius 1 is 1.06 bits per heavy atom. The van der Waals surface area contributed by atoms with Gasteiger partial charge in [-0.1, -0.05) is 36.4 Å². The highest BCUT2D eigenvalue weighted by Crippen LogP contribution is 2.60. The van der Waals surface area contributed by atoms with E-state index >= 15 is 0 Å². The second-order valence-corrected chi connectivity index (χ2v) is 15.8. The highest BCUT2D eigenvalue weighted by molar-refractivity contribution is 7.52. The van der Waals surface area contributed by atoms with Crippen LogP contribution in [0.3, 0.4) is 0 Å². The van der Waals surface area contributed by atoms with Crippen LogP contribution in [0.4, 0.5) is 8.78 Å². The van der Waals surface area contributed by atoms with Crippen molar-refractivity contribution >= 4 is 46.7 Å². The summed E-state index contributed by atoms with van der Waals surface area (Å²) in [4.78, 5) is 63.6. The Balaban J connectivity index is 1.10. The van der Waals surface area contributed by atoms with Crippen LogP contribution in [0.2, 0.25) is 0 Å². The molecule has 2 aromatic carbocycles. The summed E-state index contributed by atoms with van der Waals surface area (Å²) >= 11 is 1.01. The van der Waals surface area contributed by atoms with Crippen LogP contribution in [0.25, 0.3) is 10.1 Å². The van der Waals surface area contributed by atoms with E-state index in [1.165, 1.54) is 12.1 Å². The van der Waals surface area contributed by atoms with Gasteiger partial charge >= 0.3 is 13.3 Å². The molecule has 47 heavy (non-hydrogen) atoms. The third kappa shape index (κ3) is 5.26. The number of nitrogens with one attached hydrogen (secondary N) is 1. The van der Waals surface area contributed by atoms with Crippen molar-refractivity contribution in [3.8, 4) is 6.07 Å². The summed E-state index contributed by atoms with van der Waals surface area (Å²) < 4.78 is 40.4. The highest BCUT2D eigenvalue weighted by atomic mass is 32.1. The van der Waals surface area contributed by atoms with Gasteiger partial charge in [-0.2, -0.15) is 14.0 Å². The maximum absolute atomic E-state index is 14.3. The van der Waals surface area contributed by atoms with Crippen LogP contribution in [0, 0.1) is 17.2 Å². The lowest BCUT2D eigenvalue weighted by Crippen LogP contribution is -2.56. The zero-order valence-electron chi connectivity index (χ0n) is 25.2. The molecule has 3 saturated heterocycles. The quantitative estimate of drug-likeness (QED) is 0.307. The SMILES string of the molecule is N#C[C@@H]1[C@@H](c2ccccc2)CN(C(=O)[C@@H]2CC[C@@H]3CCC[C@H](NC(=O)c4cc5cc(C(F)(F)P(=O)(O)O)ccc5s4)C(=O)N32)C12CC2. The molecule has 1 spiro atoms. The van der Waals surface area contributed by atoms with Crippen molar-refractivity contribution in [2.75, 3.05) is 6.54 Å². The van der Waals surface area contributed by atoms with Gasteiger partial charge in [0.2, 0.25) is 11.8 Å². The molecule has 4 heterocycles. The van der Waals surface area contributed by atoms with Gasteiger partial charge in [-0.15, -0.1) is 11.3 Å². The van der Waals surface area contributed by atoms with E-state index in [0.29, 0.717) is 43.3 Å². The molecule has 5 atom stereocenters. The van der Waals surface area contributed by atoms with Crippen LogP contribution in [0.5, 0.6) is 0 Å². The van der Waals surface area contributed by atoms with Gasteiger partial charge in [0.1, 0.15) is 12.1 Å². The Kier molecular flexibility index (Phi) is 7.79. The maximum Gasteiger partial charge on any atom is 0.399 e. The standard InChI is InChI=1S/C33H33F2N4O6PS/c34-33(35,46(43,44)45)21-9-12-27-20(15-21)16-28(47-27)29(40)37-25-8-4-7-22-10-11-26(39(22)30(25)41)31(42)38-18-23(19-5-2-1-3-6-19)24(17-36)32(38)13-14-32/h1-3,5-6,9,12,15-16,22-26H,4,7-8,10-11,13-14,18H2,(H,37,40)(H2,43,44,45)/t22-,23+,24+,25-,26-/m0/s1. The summed E-state index contributed by atoms with van der Waals surface area (Å²) in [6.45, 7) is 0.415. The molecule has 0 bridgehead atoms. The van der Waals surface area contributed by atoms with Crippen LogP contribution in [0.15, 0.2) is 54.6 Å². The van der Waals surface area contributed by atoms with Gasteiger partial charge in [0.05, 0.1) is 22.4 Å². The first-order valence-electron chi connectivity index (χ1n) is 15.7. The number of carbonyl (C=O) groups is 3. The number of thiophene rings is 1. The van der Waals surface area contributed by atoms with Gasteiger partial charge in [-0.05, 0) is 74.1 Å². The van der Waals surface area contributed by atoms with E-state index in [0.717, 1.165) is 41.9 Å². The topological polar surface area (TPSA) is 151 Å². The third-order valence-electron chi connectivity index (χ3n) is 10.4. The van der Waals surface area contributed by atoms with E-state index in [4.69, 9.17) is 9.79 Å². The van der Waals surface area contributed by atoms with E-state index in [1.54, 1.807) is 4.90 Å². The van der Waals surface area contributed by atoms with Crippen molar-refractivity contribution in [2.45, 2.75) is 80.2 Å². The molecule has 0 radical (unpaired) electrons. The summed E-state index contributed by atoms with van der Waals surface area (Å²) in [6.07, 6.45) is 4.40. The Morgan fingerprint density at radius 2 is 1.81 bits per heavy atom. The second kappa shape index (κ2) is 11.5. The van der Waals surface area contributed by atoms with Gasteiger partial charge in [0.15, 0.2) is 0 Å². The highest BCUT2D eigenvalue weighted by Gasteiger charge is 2.64. The molecule has 1 saturated carbocycles. The van der Waals surface area contributed by atoms with Crippen LogP contribution in [0.1, 0.15) is 71.7 Å². The number of halogens is 2. The molecule has 7 rings (SSSR count). The van der Waals surface area contributed by atoms with Gasteiger partial charge in [-0.25, -0.2) is 0 Å². The lowest BCUT2D eigenvalue weighted by molar-refractivity contribution is -0.147. The molecular formula is C33H33F2N4O6PS. The first-order chi connectivity index (χ1) is 22.4. The van der Waals surface area contributed by atoms with Crippen molar-refractivity contribution in [3.63, 3.8) is 0 Å². The fraction of sp³-hybridized carbons (Fsp3) is 0.455. The maximum atomic E-state index is 14.3. The van der Waals surface area contributed by atoms with Crippen LogP contribution >= 0.6 is 18.9 Å². The zero-order chi connectivity index (χ0) is 33.3. The number of carbonyl (C=O) groups excluding carboxylic acids is 3. The molecule has 3 N–H and O–H groups in total. The average Bonchev–Trinajstić information content (AvgIpc) is 3.42. The Labute approximate surface area is 273 Å². The number of nitriles is 1. The van der Waals surface area contributed by atoms with Gasteiger partial charge in [0.25, 0.3) is 5.91 Å². The van der Waals surface area contributed by atoms with Crippen molar-refractivity contribution in [1.29, 1.82) is 5.26 Å². The summed E-state index contributed by atoms with van der Waals surface area (Å²) in [5, 5.41) is 13.2. The van der Waals surface area contributed by atoms with Crippen LogP contribution in [-0.4, -0.2) is 67.5 Å². The molecule has 3 aromatic rings. The van der Waals surface area contributed by atoms with Gasteiger partial charge in [0, 0.05) is 28.8 Å². The fourth-order valence-electron chi connectivity index (χ4n) is 7.91. The number of likely N-dealkylation sites (tertiary alicyclic amines) is 1. The molecule has 1 aromatic heterocycles. The Hall–Kier alpha value is -3.69. The number of hydrogen-bond acceptors (Lipinski definition) is 6. The molecule has 246 valence electrons. The largest absolute Gasteiger partial charge is 0.399 e. The fourth-order valence-corrected chi connectivity index (χ4v) is 9.33. The minimum absolute atomic E-state index is 0.114. The van der Waals surface area contributed by atoms with E-state index in [9.17, 15) is 33.0 Å². The minimum Gasteiger partial charge on any atom is -0.340 e. The number of hydrogen-bond donors (Lipinski definition) is 3. The van der Waals surface area contributed by atoms with E-state index in [2.05, 4.69) is 11.4 Å². The second-order valence-electron chi connectivity index (χ2n) is 13.1. The summed E-state index contributed by atoms with van der Waals surface area (Å²) in [6, 6.07) is 15.1. The monoisotopic (exact) mass is 682 g/mol. The van der Waals surface area contributed by atoms with E-state index in [1.807, 2.05) is 35.2 Å². The predicted molar refractivity (Wildman–Crippen MR) is 168 cm³/mol. The normalized spacial score (nSPS) is 27.0. The number of benzene rings is 2. The van der Waals surface area contributed by atoms with Crippen molar-refractivity contribution in [1.82, 2.24) is 15.1 Å². The number of alkyl halides is 2. The summed E-state index contributed by atoms with van der Waals surface area (Å²) in [7, 11) is -5.76. The van der Waals surface area contributed by atoms with E-state index in [-0.39, 0.29) is 40.0 Å². The molecule has 3 aliphatic heterocycles. The number of amides is 3. The molecule has 4 fully saturated rings. The smallest absolute Gasteiger partial charge is 0.340 e.